The van der Waals surface area contributed by atoms with Gasteiger partial charge in [0.15, 0.2) is 0 Å². The van der Waals surface area contributed by atoms with Crippen LogP contribution in [0.4, 0.5) is 0 Å². The normalized spacial score (nSPS) is 29.0. The van der Waals surface area contributed by atoms with Crippen LogP contribution in [0.3, 0.4) is 0 Å². The van der Waals surface area contributed by atoms with Gasteiger partial charge in [-0.15, -0.1) is 0 Å². The third-order valence-corrected chi connectivity index (χ3v) is 2.62. The Morgan fingerprint density at radius 3 is 2.73 bits per heavy atom. The van der Waals surface area contributed by atoms with Crippen LogP contribution >= 0.6 is 0 Å². The number of hydrogen-bond donors (Lipinski definition) is 2. The lowest BCUT2D eigenvalue weighted by atomic mass is 10.0. The predicted octanol–water partition coefficient (Wildman–Crippen LogP) is 0.229. The fourth-order valence-corrected chi connectivity index (χ4v) is 2.05. The standard InChI is InChI=1S/C11H23NO3/c1-9(14)4-5-12-6-10(7-13)15-11(2,3)8-12/h9-10,13-14H,4-8H2,1-3H3. The third kappa shape index (κ3) is 4.47. The quantitative estimate of drug-likeness (QED) is 0.708. The molecule has 0 saturated carbocycles. The van der Waals surface area contributed by atoms with E-state index in [1.54, 1.807) is 6.92 Å². The Labute approximate surface area is 91.8 Å². The van der Waals surface area contributed by atoms with Crippen LogP contribution in [0.2, 0.25) is 0 Å². The SMILES string of the molecule is CC(O)CCN1CC(CO)OC(C)(C)C1. The third-order valence-electron chi connectivity index (χ3n) is 2.62. The second-order valence-corrected chi connectivity index (χ2v) is 5.05. The molecule has 1 fully saturated rings. The highest BCUT2D eigenvalue weighted by Crippen LogP contribution is 2.20. The van der Waals surface area contributed by atoms with E-state index in [9.17, 15) is 5.11 Å². The van der Waals surface area contributed by atoms with E-state index in [2.05, 4.69) is 4.90 Å². The monoisotopic (exact) mass is 217 g/mol. The van der Waals surface area contributed by atoms with Crippen LogP contribution in [0.25, 0.3) is 0 Å². The summed E-state index contributed by atoms with van der Waals surface area (Å²) in [6.07, 6.45) is 0.417. The van der Waals surface area contributed by atoms with E-state index in [1.165, 1.54) is 0 Å². The van der Waals surface area contributed by atoms with Gasteiger partial charge in [-0.3, -0.25) is 4.90 Å². The number of aliphatic hydroxyl groups is 2. The number of aliphatic hydroxyl groups excluding tert-OH is 2. The molecule has 1 rings (SSSR count). The van der Waals surface area contributed by atoms with Crippen LogP contribution in [-0.4, -0.2) is 59.2 Å². The Hall–Kier alpha value is -0.160. The number of ether oxygens (including phenoxy) is 1. The summed E-state index contributed by atoms with van der Waals surface area (Å²) < 4.78 is 5.71. The maximum Gasteiger partial charge on any atom is 0.0940 e. The average Bonchev–Trinajstić information content (AvgIpc) is 2.12. The van der Waals surface area contributed by atoms with Crippen LogP contribution in [0.1, 0.15) is 27.2 Å². The van der Waals surface area contributed by atoms with Crippen molar-refractivity contribution in [1.29, 1.82) is 0 Å². The summed E-state index contributed by atoms with van der Waals surface area (Å²) in [7, 11) is 0. The zero-order valence-corrected chi connectivity index (χ0v) is 9.94. The number of morpholine rings is 1. The molecule has 2 N–H and O–H groups in total. The summed E-state index contributed by atoms with van der Waals surface area (Å²) in [6, 6.07) is 0. The molecule has 0 aromatic heterocycles. The van der Waals surface area contributed by atoms with E-state index in [0.29, 0.717) is 0 Å². The number of rotatable bonds is 4. The zero-order valence-electron chi connectivity index (χ0n) is 9.94. The largest absolute Gasteiger partial charge is 0.394 e. The molecule has 0 radical (unpaired) electrons. The van der Waals surface area contributed by atoms with Crippen LogP contribution in [-0.2, 0) is 4.74 Å². The molecule has 0 aliphatic carbocycles. The van der Waals surface area contributed by atoms with E-state index in [-0.39, 0.29) is 24.4 Å². The highest BCUT2D eigenvalue weighted by molar-refractivity contribution is 4.83. The van der Waals surface area contributed by atoms with Crippen molar-refractivity contribution >= 4 is 0 Å². The van der Waals surface area contributed by atoms with Gasteiger partial charge >= 0.3 is 0 Å². The van der Waals surface area contributed by atoms with Crippen molar-refractivity contribution in [3.63, 3.8) is 0 Å². The topological polar surface area (TPSA) is 52.9 Å². The summed E-state index contributed by atoms with van der Waals surface area (Å²) in [6.45, 7) is 8.40. The molecule has 2 unspecified atom stereocenters. The lowest BCUT2D eigenvalue weighted by Crippen LogP contribution is -2.54. The molecule has 0 spiro atoms. The lowest BCUT2D eigenvalue weighted by molar-refractivity contribution is -0.149. The molecule has 1 aliphatic rings. The first kappa shape index (κ1) is 12.9. The minimum atomic E-state index is -0.261. The lowest BCUT2D eigenvalue weighted by Gasteiger charge is -2.42. The fraction of sp³-hybridized carbons (Fsp3) is 1.00. The van der Waals surface area contributed by atoms with Crippen molar-refractivity contribution in [2.75, 3.05) is 26.2 Å². The van der Waals surface area contributed by atoms with Gasteiger partial charge in [-0.1, -0.05) is 0 Å². The van der Waals surface area contributed by atoms with Gasteiger partial charge in [0.05, 0.1) is 24.4 Å². The van der Waals surface area contributed by atoms with Gasteiger partial charge in [0, 0.05) is 19.6 Å². The molecule has 0 aromatic carbocycles. The van der Waals surface area contributed by atoms with Crippen molar-refractivity contribution in [3.05, 3.63) is 0 Å². The average molecular weight is 217 g/mol. The van der Waals surface area contributed by atoms with Gasteiger partial charge in [0.25, 0.3) is 0 Å². The summed E-state index contributed by atoms with van der Waals surface area (Å²) in [5.41, 5.74) is -0.204. The first-order chi connectivity index (χ1) is 6.93. The van der Waals surface area contributed by atoms with E-state index in [4.69, 9.17) is 9.84 Å². The highest BCUT2D eigenvalue weighted by Gasteiger charge is 2.32. The maximum absolute atomic E-state index is 9.23. The van der Waals surface area contributed by atoms with Gasteiger partial charge in [0.1, 0.15) is 0 Å². The summed E-state index contributed by atoms with van der Waals surface area (Å²) in [5, 5.41) is 18.3. The molecule has 1 heterocycles. The molecular weight excluding hydrogens is 194 g/mol. The minimum absolute atomic E-state index is 0.0641. The Kier molecular flexibility index (Phi) is 4.52. The number of nitrogens with zero attached hydrogens (tertiary/aromatic N) is 1. The Morgan fingerprint density at radius 2 is 2.20 bits per heavy atom. The van der Waals surface area contributed by atoms with Gasteiger partial charge in [-0.25, -0.2) is 0 Å². The fourth-order valence-electron chi connectivity index (χ4n) is 2.05. The van der Waals surface area contributed by atoms with E-state index in [0.717, 1.165) is 26.1 Å². The van der Waals surface area contributed by atoms with Crippen molar-refractivity contribution < 1.29 is 14.9 Å². The smallest absolute Gasteiger partial charge is 0.0940 e. The minimum Gasteiger partial charge on any atom is -0.394 e. The first-order valence-corrected chi connectivity index (χ1v) is 5.62. The summed E-state index contributed by atoms with van der Waals surface area (Å²) >= 11 is 0. The molecule has 0 amide bonds. The van der Waals surface area contributed by atoms with Crippen molar-refractivity contribution in [2.45, 2.75) is 45.0 Å². The molecule has 4 heteroatoms. The van der Waals surface area contributed by atoms with Gasteiger partial charge < -0.3 is 14.9 Å². The molecule has 1 saturated heterocycles. The van der Waals surface area contributed by atoms with Crippen molar-refractivity contribution in [2.24, 2.45) is 0 Å². The summed E-state index contributed by atoms with van der Waals surface area (Å²) in [4.78, 5) is 2.25. The van der Waals surface area contributed by atoms with Gasteiger partial charge in [-0.05, 0) is 27.2 Å². The van der Waals surface area contributed by atoms with Gasteiger partial charge in [0.2, 0.25) is 0 Å². The van der Waals surface area contributed by atoms with Crippen LogP contribution in [0.15, 0.2) is 0 Å². The summed E-state index contributed by atoms with van der Waals surface area (Å²) in [5.74, 6) is 0. The van der Waals surface area contributed by atoms with Crippen LogP contribution in [0, 0.1) is 0 Å². The van der Waals surface area contributed by atoms with Crippen LogP contribution in [0.5, 0.6) is 0 Å². The molecule has 2 atom stereocenters. The molecule has 0 aromatic rings. The van der Waals surface area contributed by atoms with Crippen LogP contribution < -0.4 is 0 Å². The molecule has 1 aliphatic heterocycles. The van der Waals surface area contributed by atoms with Crippen molar-refractivity contribution in [3.8, 4) is 0 Å². The second-order valence-electron chi connectivity index (χ2n) is 5.05. The Balaban J connectivity index is 2.43. The second kappa shape index (κ2) is 5.25. The maximum atomic E-state index is 9.23. The highest BCUT2D eigenvalue weighted by atomic mass is 16.5. The first-order valence-electron chi connectivity index (χ1n) is 5.62. The van der Waals surface area contributed by atoms with Gasteiger partial charge in [-0.2, -0.15) is 0 Å². The van der Waals surface area contributed by atoms with Crippen molar-refractivity contribution in [1.82, 2.24) is 4.90 Å². The molecule has 15 heavy (non-hydrogen) atoms. The Morgan fingerprint density at radius 1 is 1.53 bits per heavy atom. The molecule has 0 bridgehead atoms. The molecule has 4 nitrogen and oxygen atoms in total. The van der Waals surface area contributed by atoms with E-state index in [1.807, 2.05) is 13.8 Å². The Bertz CT molecular complexity index is 194. The predicted molar refractivity (Wildman–Crippen MR) is 58.8 cm³/mol. The van der Waals surface area contributed by atoms with E-state index >= 15 is 0 Å². The molecule has 90 valence electrons. The molecular formula is C11H23NO3. The number of hydrogen-bond acceptors (Lipinski definition) is 4. The van der Waals surface area contributed by atoms with E-state index < -0.39 is 0 Å². The zero-order chi connectivity index (χ0) is 11.5.